The second-order valence-electron chi connectivity index (χ2n) is 6.56. The van der Waals surface area contributed by atoms with Crippen LogP contribution in [0.15, 0.2) is 34.9 Å². The van der Waals surface area contributed by atoms with Crippen molar-refractivity contribution in [2.24, 2.45) is 0 Å². The number of anilines is 1. The zero-order valence-electron chi connectivity index (χ0n) is 15.2. The van der Waals surface area contributed by atoms with Gasteiger partial charge in [-0.2, -0.15) is 11.8 Å². The SMILES string of the molecule is Cc1coc(CC(=O)O)c1C(=O)Nc1cccc(CSC2CCOCC2)c1. The summed E-state index contributed by atoms with van der Waals surface area (Å²) in [6.07, 6.45) is 3.24. The topological polar surface area (TPSA) is 88.8 Å². The minimum atomic E-state index is -1.04. The zero-order chi connectivity index (χ0) is 19.2. The monoisotopic (exact) mass is 389 g/mol. The van der Waals surface area contributed by atoms with Crippen LogP contribution in [0.2, 0.25) is 0 Å². The number of aliphatic carboxylic acids is 1. The maximum absolute atomic E-state index is 12.6. The average Bonchev–Trinajstić information content (AvgIpc) is 3.01. The van der Waals surface area contributed by atoms with Crippen molar-refractivity contribution in [3.8, 4) is 0 Å². The second-order valence-corrected chi connectivity index (χ2v) is 7.85. The fourth-order valence-electron chi connectivity index (χ4n) is 3.06. The van der Waals surface area contributed by atoms with Crippen LogP contribution in [0.25, 0.3) is 0 Å². The molecule has 2 heterocycles. The molecule has 1 aromatic carbocycles. The van der Waals surface area contributed by atoms with Crippen molar-refractivity contribution < 1.29 is 23.8 Å². The van der Waals surface area contributed by atoms with E-state index in [0.29, 0.717) is 22.1 Å². The van der Waals surface area contributed by atoms with Gasteiger partial charge in [0.05, 0.1) is 11.8 Å². The first-order valence-corrected chi connectivity index (χ1v) is 9.96. The molecule has 2 N–H and O–H groups in total. The van der Waals surface area contributed by atoms with Gasteiger partial charge < -0.3 is 19.6 Å². The summed E-state index contributed by atoms with van der Waals surface area (Å²) in [7, 11) is 0. The lowest BCUT2D eigenvalue weighted by Crippen LogP contribution is -2.17. The van der Waals surface area contributed by atoms with Crippen LogP contribution in [-0.4, -0.2) is 35.4 Å². The third kappa shape index (κ3) is 5.37. The number of aryl methyl sites for hydroxylation is 1. The van der Waals surface area contributed by atoms with Gasteiger partial charge in [0, 0.05) is 35.5 Å². The van der Waals surface area contributed by atoms with E-state index in [1.54, 1.807) is 6.92 Å². The zero-order valence-corrected chi connectivity index (χ0v) is 16.0. The molecule has 27 heavy (non-hydrogen) atoms. The Kier molecular flexibility index (Phi) is 6.58. The van der Waals surface area contributed by atoms with Crippen LogP contribution in [0.4, 0.5) is 5.69 Å². The lowest BCUT2D eigenvalue weighted by Gasteiger charge is -2.21. The molecule has 0 saturated carbocycles. The molecule has 0 radical (unpaired) electrons. The number of carbonyl (C=O) groups is 2. The fraction of sp³-hybridized carbons (Fsp3) is 0.400. The predicted octanol–water partition coefficient (Wildman–Crippen LogP) is 3.88. The summed E-state index contributed by atoms with van der Waals surface area (Å²) in [4.78, 5) is 23.6. The van der Waals surface area contributed by atoms with Crippen LogP contribution < -0.4 is 5.32 Å². The molecule has 3 rings (SSSR count). The van der Waals surface area contributed by atoms with Crippen LogP contribution in [-0.2, 0) is 21.7 Å². The number of thioether (sulfide) groups is 1. The van der Waals surface area contributed by atoms with Crippen molar-refractivity contribution in [1.29, 1.82) is 0 Å². The molecule has 2 aromatic rings. The van der Waals surface area contributed by atoms with E-state index < -0.39 is 5.97 Å². The molecule has 0 unspecified atom stereocenters. The van der Waals surface area contributed by atoms with Crippen LogP contribution in [0.1, 0.15) is 40.1 Å². The average molecular weight is 389 g/mol. The fourth-order valence-corrected chi connectivity index (χ4v) is 4.19. The van der Waals surface area contributed by atoms with Crippen molar-refractivity contribution in [2.45, 2.75) is 37.2 Å². The molecule has 1 aliphatic heterocycles. The Hall–Kier alpha value is -2.25. The molecule has 144 valence electrons. The summed E-state index contributed by atoms with van der Waals surface area (Å²) in [6.45, 7) is 3.39. The quantitative estimate of drug-likeness (QED) is 0.747. The number of rotatable bonds is 7. The van der Waals surface area contributed by atoms with E-state index in [0.717, 1.165) is 37.4 Å². The van der Waals surface area contributed by atoms with Crippen molar-refractivity contribution >= 4 is 29.3 Å². The molecule has 0 bridgehead atoms. The summed E-state index contributed by atoms with van der Waals surface area (Å²) in [5.74, 6) is -0.343. The van der Waals surface area contributed by atoms with Gasteiger partial charge >= 0.3 is 5.97 Å². The number of ether oxygens (including phenoxy) is 1. The van der Waals surface area contributed by atoms with E-state index in [2.05, 4.69) is 5.32 Å². The smallest absolute Gasteiger partial charge is 0.311 e. The summed E-state index contributed by atoms with van der Waals surface area (Å²) in [5.41, 5.74) is 2.74. The van der Waals surface area contributed by atoms with Crippen LogP contribution in [0.5, 0.6) is 0 Å². The number of carboxylic acid groups (broad SMARTS) is 1. The Morgan fingerprint density at radius 3 is 2.81 bits per heavy atom. The highest BCUT2D eigenvalue weighted by Gasteiger charge is 2.21. The van der Waals surface area contributed by atoms with Gasteiger partial charge in [0.15, 0.2) is 0 Å². The molecular weight excluding hydrogens is 366 g/mol. The minimum absolute atomic E-state index is 0.170. The highest BCUT2D eigenvalue weighted by atomic mass is 32.2. The first-order valence-electron chi connectivity index (χ1n) is 8.91. The molecule has 0 aliphatic carbocycles. The van der Waals surface area contributed by atoms with Crippen molar-refractivity contribution in [2.75, 3.05) is 18.5 Å². The Labute approximate surface area is 162 Å². The Bertz CT molecular complexity index is 810. The van der Waals surface area contributed by atoms with Gasteiger partial charge in [0.25, 0.3) is 5.91 Å². The maximum Gasteiger partial charge on any atom is 0.311 e. The summed E-state index contributed by atoms with van der Waals surface area (Å²) in [6, 6.07) is 7.74. The van der Waals surface area contributed by atoms with Gasteiger partial charge in [-0.25, -0.2) is 0 Å². The Morgan fingerprint density at radius 2 is 2.07 bits per heavy atom. The molecular formula is C20H23NO5S. The van der Waals surface area contributed by atoms with Crippen LogP contribution >= 0.6 is 11.8 Å². The van der Waals surface area contributed by atoms with E-state index in [4.69, 9.17) is 14.3 Å². The highest BCUT2D eigenvalue weighted by Crippen LogP contribution is 2.27. The number of carbonyl (C=O) groups excluding carboxylic acids is 1. The van der Waals surface area contributed by atoms with Crippen molar-refractivity contribution in [3.63, 3.8) is 0 Å². The third-order valence-electron chi connectivity index (χ3n) is 4.43. The molecule has 1 amide bonds. The van der Waals surface area contributed by atoms with E-state index in [1.807, 2.05) is 36.0 Å². The predicted molar refractivity (Wildman–Crippen MR) is 104 cm³/mol. The third-order valence-corrected chi connectivity index (χ3v) is 5.87. The number of benzene rings is 1. The number of hydrogen-bond donors (Lipinski definition) is 2. The highest BCUT2D eigenvalue weighted by molar-refractivity contribution is 7.99. The maximum atomic E-state index is 12.6. The lowest BCUT2D eigenvalue weighted by atomic mass is 10.1. The number of amides is 1. The van der Waals surface area contributed by atoms with Gasteiger partial charge in [-0.1, -0.05) is 12.1 Å². The van der Waals surface area contributed by atoms with E-state index in [1.165, 1.54) is 6.26 Å². The van der Waals surface area contributed by atoms with Gasteiger partial charge in [-0.15, -0.1) is 0 Å². The largest absolute Gasteiger partial charge is 0.481 e. The molecule has 0 spiro atoms. The number of nitrogens with one attached hydrogen (secondary N) is 1. The van der Waals surface area contributed by atoms with Gasteiger partial charge in [-0.05, 0) is 37.5 Å². The lowest BCUT2D eigenvalue weighted by molar-refractivity contribution is -0.136. The van der Waals surface area contributed by atoms with E-state index in [-0.39, 0.29) is 18.1 Å². The summed E-state index contributed by atoms with van der Waals surface area (Å²) in [5, 5.41) is 12.4. The first kappa shape index (κ1) is 19.5. The molecule has 1 saturated heterocycles. The number of furan rings is 1. The normalized spacial score (nSPS) is 14.9. The van der Waals surface area contributed by atoms with Gasteiger partial charge in [0.2, 0.25) is 0 Å². The van der Waals surface area contributed by atoms with Crippen molar-refractivity contribution in [1.82, 2.24) is 0 Å². The molecule has 6 nitrogen and oxygen atoms in total. The van der Waals surface area contributed by atoms with Gasteiger partial charge in [0.1, 0.15) is 12.2 Å². The van der Waals surface area contributed by atoms with Crippen LogP contribution in [0.3, 0.4) is 0 Å². The second kappa shape index (κ2) is 9.10. The summed E-state index contributed by atoms with van der Waals surface area (Å²) < 4.78 is 10.6. The number of hydrogen-bond acceptors (Lipinski definition) is 5. The van der Waals surface area contributed by atoms with Crippen molar-refractivity contribution in [3.05, 3.63) is 53.0 Å². The van der Waals surface area contributed by atoms with E-state index >= 15 is 0 Å². The minimum Gasteiger partial charge on any atom is -0.481 e. The Balaban J connectivity index is 1.64. The molecule has 1 aliphatic rings. The molecule has 0 atom stereocenters. The Morgan fingerprint density at radius 1 is 1.30 bits per heavy atom. The molecule has 7 heteroatoms. The van der Waals surface area contributed by atoms with Crippen LogP contribution in [0, 0.1) is 6.92 Å². The molecule has 1 fully saturated rings. The summed E-state index contributed by atoms with van der Waals surface area (Å²) >= 11 is 1.91. The first-order chi connectivity index (χ1) is 13.0. The van der Waals surface area contributed by atoms with Gasteiger partial charge in [-0.3, -0.25) is 9.59 Å². The van der Waals surface area contributed by atoms with E-state index in [9.17, 15) is 9.59 Å². The number of carboxylic acids is 1. The standard InChI is InChI=1S/C20H23NO5S/c1-13-11-26-17(10-18(22)23)19(13)20(24)21-15-4-2-3-14(9-15)12-27-16-5-7-25-8-6-16/h2-4,9,11,16H,5-8,10,12H2,1H3,(H,21,24)(H,22,23). The molecule has 1 aromatic heterocycles.